The molecule has 0 heterocycles. The van der Waals surface area contributed by atoms with Crippen molar-refractivity contribution in [3.05, 3.63) is 47.5 Å². The van der Waals surface area contributed by atoms with Crippen LogP contribution in [0.1, 0.15) is 15.9 Å². The van der Waals surface area contributed by atoms with Crippen LogP contribution in [-0.2, 0) is 0 Å². The van der Waals surface area contributed by atoms with Crippen LogP contribution in [0.15, 0.2) is 36.4 Å². The van der Waals surface area contributed by atoms with Crippen molar-refractivity contribution in [2.45, 2.75) is 0 Å². The second-order valence-corrected chi connectivity index (χ2v) is 3.67. The van der Waals surface area contributed by atoms with Crippen molar-refractivity contribution in [2.24, 2.45) is 0 Å². The molecule has 18 heavy (non-hydrogen) atoms. The third-order valence-electron chi connectivity index (χ3n) is 2.51. The molecule has 0 aromatic heterocycles. The molecule has 0 aliphatic carbocycles. The lowest BCUT2D eigenvalue weighted by molar-refractivity contribution is 0.103. The zero-order chi connectivity index (χ0) is 13.3. The van der Waals surface area contributed by atoms with Crippen LogP contribution in [0, 0.1) is 0 Å². The van der Waals surface area contributed by atoms with E-state index in [9.17, 15) is 25.2 Å². The van der Waals surface area contributed by atoms with Gasteiger partial charge in [-0.3, -0.25) is 4.79 Å². The third-order valence-corrected chi connectivity index (χ3v) is 2.51. The number of phenols is 4. The van der Waals surface area contributed by atoms with Crippen LogP contribution in [0.5, 0.6) is 23.0 Å². The molecule has 0 saturated heterocycles. The van der Waals surface area contributed by atoms with E-state index in [1.54, 1.807) is 0 Å². The summed E-state index contributed by atoms with van der Waals surface area (Å²) in [6, 6.07) is 7.74. The van der Waals surface area contributed by atoms with Crippen molar-refractivity contribution in [2.75, 3.05) is 0 Å². The van der Waals surface area contributed by atoms with E-state index in [1.165, 1.54) is 36.4 Å². The maximum atomic E-state index is 12.1. The van der Waals surface area contributed by atoms with Crippen LogP contribution in [0.25, 0.3) is 0 Å². The van der Waals surface area contributed by atoms with Crippen molar-refractivity contribution >= 4 is 5.78 Å². The summed E-state index contributed by atoms with van der Waals surface area (Å²) in [7, 11) is 0. The number of ketones is 1. The molecule has 2 rings (SSSR count). The van der Waals surface area contributed by atoms with Crippen LogP contribution >= 0.6 is 0 Å². The van der Waals surface area contributed by atoms with E-state index in [1.807, 2.05) is 0 Å². The molecule has 2 aromatic carbocycles. The molecule has 0 saturated carbocycles. The van der Waals surface area contributed by atoms with Gasteiger partial charge >= 0.3 is 0 Å². The second kappa shape index (κ2) is 4.29. The van der Waals surface area contributed by atoms with Gasteiger partial charge in [-0.1, -0.05) is 12.1 Å². The summed E-state index contributed by atoms with van der Waals surface area (Å²) < 4.78 is 0. The number of rotatable bonds is 2. The van der Waals surface area contributed by atoms with E-state index in [2.05, 4.69) is 0 Å². The van der Waals surface area contributed by atoms with E-state index in [4.69, 9.17) is 0 Å². The Bertz CT molecular complexity index is 599. The average molecular weight is 246 g/mol. The van der Waals surface area contributed by atoms with Gasteiger partial charge in [-0.25, -0.2) is 0 Å². The van der Waals surface area contributed by atoms with E-state index >= 15 is 0 Å². The number of carbonyl (C=O) groups excluding carboxylic acids is 1. The molecule has 0 unspecified atom stereocenters. The molecule has 0 atom stereocenters. The third kappa shape index (κ3) is 1.82. The quantitative estimate of drug-likeness (QED) is 0.478. The predicted octanol–water partition coefficient (Wildman–Crippen LogP) is 1.74. The first-order chi connectivity index (χ1) is 8.52. The predicted molar refractivity (Wildman–Crippen MR) is 63.0 cm³/mol. The Hall–Kier alpha value is -2.69. The fourth-order valence-electron chi connectivity index (χ4n) is 1.61. The van der Waals surface area contributed by atoms with E-state index in [-0.39, 0.29) is 11.1 Å². The van der Waals surface area contributed by atoms with Gasteiger partial charge in [0.15, 0.2) is 11.5 Å². The molecular formula is C13H10O5. The van der Waals surface area contributed by atoms with Crippen molar-refractivity contribution in [3.8, 4) is 23.0 Å². The molecule has 5 heteroatoms. The van der Waals surface area contributed by atoms with Crippen molar-refractivity contribution in [1.82, 2.24) is 0 Å². The second-order valence-electron chi connectivity index (χ2n) is 3.67. The zero-order valence-electron chi connectivity index (χ0n) is 9.16. The SMILES string of the molecule is O=C(c1cccc(O)c1O)c1c(O)cccc1O. The maximum Gasteiger partial charge on any atom is 0.204 e. The Kier molecular flexibility index (Phi) is 2.81. The van der Waals surface area contributed by atoms with Crippen molar-refractivity contribution in [3.63, 3.8) is 0 Å². The smallest absolute Gasteiger partial charge is 0.204 e. The minimum absolute atomic E-state index is 0.202. The normalized spacial score (nSPS) is 10.2. The minimum Gasteiger partial charge on any atom is -0.507 e. The molecule has 0 radical (unpaired) electrons. The highest BCUT2D eigenvalue weighted by atomic mass is 16.3. The van der Waals surface area contributed by atoms with Gasteiger partial charge in [0, 0.05) is 0 Å². The van der Waals surface area contributed by atoms with Crippen LogP contribution in [0.2, 0.25) is 0 Å². The molecule has 0 aliphatic rings. The highest BCUT2D eigenvalue weighted by Gasteiger charge is 2.21. The summed E-state index contributed by atoms with van der Waals surface area (Å²) in [6.45, 7) is 0. The topological polar surface area (TPSA) is 98.0 Å². The van der Waals surface area contributed by atoms with Gasteiger partial charge in [-0.2, -0.15) is 0 Å². The standard InChI is InChI=1S/C13H10O5/c14-8-4-2-5-9(15)11(8)13(18)7-3-1-6-10(16)12(7)17/h1-6,14-17H. The fraction of sp³-hybridized carbons (Fsp3) is 0. The Morgan fingerprint density at radius 3 is 1.89 bits per heavy atom. The van der Waals surface area contributed by atoms with E-state index < -0.39 is 28.8 Å². The summed E-state index contributed by atoms with van der Waals surface area (Å²) in [5.41, 5.74) is -0.523. The fourth-order valence-corrected chi connectivity index (χ4v) is 1.61. The first-order valence-electron chi connectivity index (χ1n) is 5.09. The molecule has 0 fully saturated rings. The number of hydrogen-bond acceptors (Lipinski definition) is 5. The molecule has 0 amide bonds. The molecular weight excluding hydrogens is 236 g/mol. The van der Waals surface area contributed by atoms with Crippen LogP contribution in [0.3, 0.4) is 0 Å². The van der Waals surface area contributed by atoms with Crippen LogP contribution in [-0.4, -0.2) is 26.2 Å². The monoisotopic (exact) mass is 246 g/mol. The van der Waals surface area contributed by atoms with Gasteiger partial charge in [0.1, 0.15) is 17.1 Å². The zero-order valence-corrected chi connectivity index (χ0v) is 9.16. The number of para-hydroxylation sites is 1. The lowest BCUT2D eigenvalue weighted by atomic mass is 10.0. The van der Waals surface area contributed by atoms with Crippen LogP contribution < -0.4 is 0 Å². The lowest BCUT2D eigenvalue weighted by Gasteiger charge is -2.08. The summed E-state index contributed by atoms with van der Waals surface area (Å²) >= 11 is 0. The molecule has 0 bridgehead atoms. The van der Waals surface area contributed by atoms with Gasteiger partial charge in [0.05, 0.1) is 5.56 Å². The van der Waals surface area contributed by atoms with Crippen molar-refractivity contribution < 1.29 is 25.2 Å². The molecule has 2 aromatic rings. The highest BCUT2D eigenvalue weighted by molar-refractivity contribution is 6.14. The molecule has 0 spiro atoms. The molecule has 92 valence electrons. The molecule has 0 aliphatic heterocycles. The first kappa shape index (κ1) is 11.8. The number of hydrogen-bond donors (Lipinski definition) is 4. The van der Waals surface area contributed by atoms with Gasteiger partial charge in [-0.15, -0.1) is 0 Å². The number of benzene rings is 2. The number of carbonyl (C=O) groups is 1. The largest absolute Gasteiger partial charge is 0.507 e. The Morgan fingerprint density at radius 1 is 0.778 bits per heavy atom. The van der Waals surface area contributed by atoms with Gasteiger partial charge in [0.2, 0.25) is 5.78 Å². The summed E-state index contributed by atoms with van der Waals surface area (Å²) in [4.78, 5) is 12.1. The lowest BCUT2D eigenvalue weighted by Crippen LogP contribution is -2.02. The van der Waals surface area contributed by atoms with Gasteiger partial charge in [-0.05, 0) is 24.3 Å². The minimum atomic E-state index is -0.779. The molecule has 4 N–H and O–H groups in total. The Morgan fingerprint density at radius 2 is 1.28 bits per heavy atom. The van der Waals surface area contributed by atoms with Gasteiger partial charge < -0.3 is 20.4 Å². The highest BCUT2D eigenvalue weighted by Crippen LogP contribution is 2.34. The number of phenolic OH excluding ortho intramolecular Hbond substituents is 4. The summed E-state index contributed by atoms with van der Waals surface area (Å²) in [5, 5.41) is 38.0. The van der Waals surface area contributed by atoms with Crippen molar-refractivity contribution in [1.29, 1.82) is 0 Å². The van der Waals surface area contributed by atoms with Gasteiger partial charge in [0.25, 0.3) is 0 Å². The number of aromatic hydroxyl groups is 4. The van der Waals surface area contributed by atoms with Crippen LogP contribution in [0.4, 0.5) is 0 Å². The molecule has 5 nitrogen and oxygen atoms in total. The summed E-state index contributed by atoms with van der Waals surface area (Å²) in [5.74, 6) is -2.62. The van der Waals surface area contributed by atoms with E-state index in [0.717, 1.165) is 0 Å². The summed E-state index contributed by atoms with van der Waals surface area (Å²) in [6.07, 6.45) is 0. The first-order valence-corrected chi connectivity index (χ1v) is 5.09. The van der Waals surface area contributed by atoms with E-state index in [0.29, 0.717) is 0 Å². The maximum absolute atomic E-state index is 12.1. The Labute approximate surface area is 102 Å². The average Bonchev–Trinajstić information content (AvgIpc) is 2.32. The Balaban J connectivity index is 2.59.